The first-order valence-corrected chi connectivity index (χ1v) is 8.73. The molecule has 152 valence electrons. The van der Waals surface area contributed by atoms with Crippen molar-refractivity contribution >= 4 is 35.6 Å². The summed E-state index contributed by atoms with van der Waals surface area (Å²) in [5.41, 5.74) is 10.3. The SMILES string of the molecule is I.NC(=NCc1ccc(OCC(F)(F)F)nc1)Nc1cccc2c1CCCC2. The number of aromatic nitrogens is 1. The Bertz CT molecular complexity index is 810. The lowest BCUT2D eigenvalue weighted by atomic mass is 9.90. The van der Waals surface area contributed by atoms with Crippen LogP contribution in [0.1, 0.15) is 29.5 Å². The van der Waals surface area contributed by atoms with Crippen LogP contribution in [0.5, 0.6) is 5.88 Å². The van der Waals surface area contributed by atoms with Gasteiger partial charge in [-0.05, 0) is 48.4 Å². The van der Waals surface area contributed by atoms with E-state index >= 15 is 0 Å². The molecule has 1 aliphatic rings. The third-order valence-corrected chi connectivity index (χ3v) is 4.27. The number of nitrogens with zero attached hydrogens (tertiary/aromatic N) is 2. The number of pyridine rings is 1. The highest BCUT2D eigenvalue weighted by Gasteiger charge is 2.28. The van der Waals surface area contributed by atoms with Crippen LogP contribution in [0.15, 0.2) is 41.5 Å². The number of nitrogens with two attached hydrogens (primary N) is 1. The highest BCUT2D eigenvalue weighted by Crippen LogP contribution is 2.27. The van der Waals surface area contributed by atoms with Gasteiger partial charge in [-0.3, -0.25) is 0 Å². The van der Waals surface area contributed by atoms with E-state index in [2.05, 4.69) is 26.1 Å². The number of fused-ring (bicyclic) bond motifs is 1. The first kappa shape index (κ1) is 22.3. The molecule has 0 saturated heterocycles. The summed E-state index contributed by atoms with van der Waals surface area (Å²) in [6, 6.07) is 9.12. The third-order valence-electron chi connectivity index (χ3n) is 4.27. The zero-order valence-electron chi connectivity index (χ0n) is 15.1. The Morgan fingerprint density at radius 1 is 1.18 bits per heavy atom. The minimum Gasteiger partial charge on any atom is -0.468 e. The molecule has 1 aromatic carbocycles. The Balaban J connectivity index is 0.00000280. The van der Waals surface area contributed by atoms with Gasteiger partial charge < -0.3 is 15.8 Å². The van der Waals surface area contributed by atoms with E-state index in [1.54, 1.807) is 6.07 Å². The minimum absolute atomic E-state index is 0. The molecule has 1 aromatic heterocycles. The van der Waals surface area contributed by atoms with E-state index in [0.29, 0.717) is 5.56 Å². The molecule has 0 amide bonds. The molecular formula is C19H22F3IN4O. The molecular weight excluding hydrogens is 484 g/mol. The number of rotatable bonds is 5. The fourth-order valence-electron chi connectivity index (χ4n) is 3.00. The zero-order chi connectivity index (χ0) is 19.3. The molecule has 0 aliphatic heterocycles. The maximum absolute atomic E-state index is 12.1. The Morgan fingerprint density at radius 3 is 2.68 bits per heavy atom. The van der Waals surface area contributed by atoms with Gasteiger partial charge in [0.2, 0.25) is 5.88 Å². The molecule has 0 saturated carbocycles. The summed E-state index contributed by atoms with van der Waals surface area (Å²) in [6.07, 6.45) is 1.51. The summed E-state index contributed by atoms with van der Waals surface area (Å²) < 4.78 is 40.9. The lowest BCUT2D eigenvalue weighted by Gasteiger charge is -2.19. The van der Waals surface area contributed by atoms with Gasteiger partial charge in [0.05, 0.1) is 6.54 Å². The number of benzene rings is 1. The van der Waals surface area contributed by atoms with Crippen LogP contribution in [0, 0.1) is 0 Å². The molecule has 1 heterocycles. The predicted octanol–water partition coefficient (Wildman–Crippen LogP) is 4.45. The first-order chi connectivity index (χ1) is 12.9. The molecule has 3 rings (SSSR count). The van der Waals surface area contributed by atoms with E-state index in [1.807, 2.05) is 12.1 Å². The molecule has 1 aliphatic carbocycles. The lowest BCUT2D eigenvalue weighted by Crippen LogP contribution is -2.24. The van der Waals surface area contributed by atoms with Crippen molar-refractivity contribution in [2.75, 3.05) is 11.9 Å². The number of hydrogen-bond donors (Lipinski definition) is 2. The molecule has 0 radical (unpaired) electrons. The van der Waals surface area contributed by atoms with Crippen LogP contribution in [-0.2, 0) is 19.4 Å². The summed E-state index contributed by atoms with van der Waals surface area (Å²) >= 11 is 0. The van der Waals surface area contributed by atoms with Crippen LogP contribution in [0.4, 0.5) is 18.9 Å². The van der Waals surface area contributed by atoms with E-state index in [1.165, 1.54) is 29.8 Å². The fourth-order valence-corrected chi connectivity index (χ4v) is 3.00. The van der Waals surface area contributed by atoms with Crippen molar-refractivity contribution in [3.05, 3.63) is 53.2 Å². The Labute approximate surface area is 178 Å². The highest BCUT2D eigenvalue weighted by molar-refractivity contribution is 14.0. The lowest BCUT2D eigenvalue weighted by molar-refractivity contribution is -0.154. The first-order valence-electron chi connectivity index (χ1n) is 8.73. The third kappa shape index (κ3) is 6.54. The maximum Gasteiger partial charge on any atom is 0.422 e. The summed E-state index contributed by atoms with van der Waals surface area (Å²) in [5.74, 6) is 0.202. The van der Waals surface area contributed by atoms with Crippen LogP contribution >= 0.6 is 24.0 Å². The second-order valence-electron chi connectivity index (χ2n) is 6.39. The standard InChI is InChI=1S/C19H21F3N4O.HI/c20-19(21,22)12-27-17-9-8-13(10-24-17)11-25-18(23)26-16-7-3-5-14-4-1-2-6-15(14)16;/h3,5,7-10H,1-2,4,6,11-12H2,(H3,23,25,26);1H. The quantitative estimate of drug-likeness (QED) is 0.357. The van der Waals surface area contributed by atoms with Gasteiger partial charge in [0, 0.05) is 18.0 Å². The van der Waals surface area contributed by atoms with Crippen molar-refractivity contribution in [2.24, 2.45) is 10.7 Å². The van der Waals surface area contributed by atoms with E-state index < -0.39 is 12.8 Å². The number of aliphatic imine (C=N–C) groups is 1. The number of hydrogen-bond acceptors (Lipinski definition) is 3. The van der Waals surface area contributed by atoms with Gasteiger partial charge in [-0.15, -0.1) is 24.0 Å². The van der Waals surface area contributed by atoms with Crippen LogP contribution in [0.2, 0.25) is 0 Å². The molecule has 5 nitrogen and oxygen atoms in total. The molecule has 0 unspecified atom stereocenters. The minimum atomic E-state index is -4.39. The van der Waals surface area contributed by atoms with Crippen LogP contribution in [0.25, 0.3) is 0 Å². The number of anilines is 1. The van der Waals surface area contributed by atoms with E-state index in [-0.39, 0.29) is 42.4 Å². The van der Waals surface area contributed by atoms with E-state index in [9.17, 15) is 13.2 Å². The van der Waals surface area contributed by atoms with Gasteiger partial charge in [0.15, 0.2) is 12.6 Å². The van der Waals surface area contributed by atoms with Gasteiger partial charge in [-0.2, -0.15) is 13.2 Å². The number of ether oxygens (including phenoxy) is 1. The average molecular weight is 506 g/mol. The Kier molecular flexibility index (Phi) is 7.90. The molecule has 2 aromatic rings. The van der Waals surface area contributed by atoms with Gasteiger partial charge in [-0.25, -0.2) is 9.98 Å². The summed E-state index contributed by atoms with van der Waals surface area (Å²) in [6.45, 7) is -1.10. The van der Waals surface area contributed by atoms with Gasteiger partial charge in [0.25, 0.3) is 0 Å². The average Bonchev–Trinajstić information content (AvgIpc) is 2.65. The van der Waals surface area contributed by atoms with E-state index in [0.717, 1.165) is 24.9 Å². The molecule has 0 fully saturated rings. The molecule has 0 bridgehead atoms. The topological polar surface area (TPSA) is 72.5 Å². The van der Waals surface area contributed by atoms with Crippen molar-refractivity contribution in [3.8, 4) is 5.88 Å². The zero-order valence-corrected chi connectivity index (χ0v) is 17.5. The summed E-state index contributed by atoms with van der Waals surface area (Å²) in [4.78, 5) is 8.12. The number of aryl methyl sites for hydroxylation is 1. The number of nitrogens with one attached hydrogen (secondary N) is 1. The maximum atomic E-state index is 12.1. The van der Waals surface area contributed by atoms with E-state index in [4.69, 9.17) is 5.73 Å². The van der Waals surface area contributed by atoms with Gasteiger partial charge in [0.1, 0.15) is 0 Å². The van der Waals surface area contributed by atoms with Crippen molar-refractivity contribution in [1.29, 1.82) is 0 Å². The molecule has 0 atom stereocenters. The largest absolute Gasteiger partial charge is 0.468 e. The Hall–Kier alpha value is -2.04. The van der Waals surface area contributed by atoms with Gasteiger partial charge in [-0.1, -0.05) is 18.2 Å². The van der Waals surface area contributed by atoms with Crippen molar-refractivity contribution in [3.63, 3.8) is 0 Å². The molecule has 9 heteroatoms. The number of guanidine groups is 1. The van der Waals surface area contributed by atoms with Crippen molar-refractivity contribution in [1.82, 2.24) is 4.98 Å². The smallest absolute Gasteiger partial charge is 0.422 e. The normalized spacial score (nSPS) is 14.0. The monoisotopic (exact) mass is 506 g/mol. The second kappa shape index (κ2) is 9.94. The number of alkyl halides is 3. The van der Waals surface area contributed by atoms with Crippen LogP contribution in [0.3, 0.4) is 0 Å². The predicted molar refractivity (Wildman–Crippen MR) is 113 cm³/mol. The number of halogens is 4. The molecule has 28 heavy (non-hydrogen) atoms. The summed E-state index contributed by atoms with van der Waals surface area (Å²) in [5, 5.41) is 3.15. The van der Waals surface area contributed by atoms with Crippen LogP contribution < -0.4 is 15.8 Å². The van der Waals surface area contributed by atoms with Gasteiger partial charge >= 0.3 is 6.18 Å². The fraction of sp³-hybridized carbons (Fsp3) is 0.368. The summed E-state index contributed by atoms with van der Waals surface area (Å²) in [7, 11) is 0. The molecule has 3 N–H and O–H groups in total. The molecule has 0 spiro atoms. The van der Waals surface area contributed by atoms with Crippen LogP contribution in [-0.4, -0.2) is 23.7 Å². The van der Waals surface area contributed by atoms with Crippen molar-refractivity contribution in [2.45, 2.75) is 38.4 Å². The Morgan fingerprint density at radius 2 is 1.96 bits per heavy atom. The highest BCUT2D eigenvalue weighted by atomic mass is 127. The van der Waals surface area contributed by atoms with Crippen molar-refractivity contribution < 1.29 is 17.9 Å². The second-order valence-corrected chi connectivity index (χ2v) is 6.39.